The van der Waals surface area contributed by atoms with Crippen molar-refractivity contribution in [1.29, 1.82) is 0 Å². The van der Waals surface area contributed by atoms with Gasteiger partial charge < -0.3 is 5.32 Å². The van der Waals surface area contributed by atoms with E-state index in [2.05, 4.69) is 22.4 Å². The molecule has 0 fully saturated rings. The van der Waals surface area contributed by atoms with Crippen molar-refractivity contribution in [1.82, 2.24) is 10.2 Å². The van der Waals surface area contributed by atoms with Gasteiger partial charge in [-0.05, 0) is 24.1 Å². The number of hydrogen-bond acceptors (Lipinski definition) is 4. The van der Waals surface area contributed by atoms with Crippen molar-refractivity contribution in [3.63, 3.8) is 0 Å². The molecule has 0 aliphatic rings. The van der Waals surface area contributed by atoms with Crippen LogP contribution < -0.4 is 5.32 Å². The molecule has 0 unspecified atom stereocenters. The molecular weight excluding hydrogens is 306 g/mol. The van der Waals surface area contributed by atoms with Crippen LogP contribution in [-0.4, -0.2) is 16.1 Å². The molecule has 1 amide bonds. The normalized spacial score (nSPS) is 12.1. The molecule has 0 saturated heterocycles. The van der Waals surface area contributed by atoms with Gasteiger partial charge in [-0.3, -0.25) is 4.79 Å². The number of anilines is 1. The van der Waals surface area contributed by atoms with E-state index in [-0.39, 0.29) is 11.8 Å². The Bertz CT molecular complexity index is 597. The summed E-state index contributed by atoms with van der Waals surface area (Å²) in [6, 6.07) is 7.64. The van der Waals surface area contributed by atoms with E-state index < -0.39 is 0 Å². The maximum Gasteiger partial charge on any atom is 0.229 e. The Morgan fingerprint density at radius 3 is 2.71 bits per heavy atom. The number of carbonyl (C=O) groups excluding carboxylic acids is 1. The fourth-order valence-corrected chi connectivity index (χ4v) is 2.85. The molecule has 1 aromatic carbocycles. The summed E-state index contributed by atoms with van der Waals surface area (Å²) in [5.41, 5.74) is 1.12. The third kappa shape index (κ3) is 4.79. The number of rotatable bonds is 6. The van der Waals surface area contributed by atoms with Gasteiger partial charge >= 0.3 is 0 Å². The molecule has 21 heavy (non-hydrogen) atoms. The number of halogens is 1. The second-order valence-corrected chi connectivity index (χ2v) is 6.48. The highest BCUT2D eigenvalue weighted by molar-refractivity contribution is 7.15. The van der Waals surface area contributed by atoms with Crippen molar-refractivity contribution >= 4 is 34.0 Å². The third-order valence-corrected chi connectivity index (χ3v) is 4.23. The highest BCUT2D eigenvalue weighted by Gasteiger charge is 2.14. The number of aromatic nitrogens is 2. The van der Waals surface area contributed by atoms with Gasteiger partial charge in [0.25, 0.3) is 0 Å². The lowest BCUT2D eigenvalue weighted by Gasteiger charge is -2.07. The molecular formula is C15H18ClN3OS. The van der Waals surface area contributed by atoms with Gasteiger partial charge in [-0.15, -0.1) is 10.2 Å². The fraction of sp³-hybridized carbons (Fsp3) is 0.400. The van der Waals surface area contributed by atoms with E-state index in [0.717, 1.165) is 23.4 Å². The van der Waals surface area contributed by atoms with Gasteiger partial charge in [-0.1, -0.05) is 55.3 Å². The maximum absolute atomic E-state index is 11.9. The van der Waals surface area contributed by atoms with Crippen LogP contribution in [0.4, 0.5) is 5.13 Å². The zero-order valence-corrected chi connectivity index (χ0v) is 13.7. The summed E-state index contributed by atoms with van der Waals surface area (Å²) in [5, 5.41) is 13.1. The van der Waals surface area contributed by atoms with Gasteiger partial charge in [0.2, 0.25) is 11.0 Å². The molecule has 0 spiro atoms. The van der Waals surface area contributed by atoms with Crippen LogP contribution in [0.3, 0.4) is 0 Å². The summed E-state index contributed by atoms with van der Waals surface area (Å²) in [6.45, 7) is 3.99. The standard InChI is InChI=1S/C15H18ClN3OS/c1-3-4-10(2)14(20)17-15-19-18-13(21-15)9-11-5-7-12(16)8-6-11/h5-8,10H,3-4,9H2,1-2H3,(H,17,19,20)/t10-/m1/s1. The van der Waals surface area contributed by atoms with Crippen LogP contribution in [0.15, 0.2) is 24.3 Å². The summed E-state index contributed by atoms with van der Waals surface area (Å²) in [7, 11) is 0. The van der Waals surface area contributed by atoms with Crippen LogP contribution in [0.25, 0.3) is 0 Å². The minimum absolute atomic E-state index is 0.00128. The van der Waals surface area contributed by atoms with Crippen LogP contribution in [-0.2, 0) is 11.2 Å². The summed E-state index contributed by atoms with van der Waals surface area (Å²) < 4.78 is 0. The summed E-state index contributed by atoms with van der Waals surface area (Å²) in [4.78, 5) is 11.9. The Kier molecular flexibility index (Phi) is 5.70. The average molecular weight is 324 g/mol. The third-order valence-electron chi connectivity index (χ3n) is 3.13. The van der Waals surface area contributed by atoms with E-state index in [1.807, 2.05) is 31.2 Å². The highest BCUT2D eigenvalue weighted by atomic mass is 35.5. The van der Waals surface area contributed by atoms with Crippen LogP contribution in [0.5, 0.6) is 0 Å². The van der Waals surface area contributed by atoms with E-state index >= 15 is 0 Å². The van der Waals surface area contributed by atoms with E-state index in [0.29, 0.717) is 16.6 Å². The summed E-state index contributed by atoms with van der Waals surface area (Å²) in [5.74, 6) is 0.00431. The number of carbonyl (C=O) groups is 1. The van der Waals surface area contributed by atoms with Crippen molar-refractivity contribution in [3.05, 3.63) is 39.9 Å². The molecule has 0 aliphatic heterocycles. The number of amides is 1. The molecule has 2 aromatic rings. The van der Waals surface area contributed by atoms with E-state index in [1.54, 1.807) is 0 Å². The van der Waals surface area contributed by atoms with Gasteiger partial charge in [0, 0.05) is 17.4 Å². The molecule has 1 aromatic heterocycles. The lowest BCUT2D eigenvalue weighted by molar-refractivity contribution is -0.119. The van der Waals surface area contributed by atoms with Crippen LogP contribution in [0.1, 0.15) is 37.3 Å². The molecule has 1 heterocycles. The smallest absolute Gasteiger partial charge is 0.229 e. The second kappa shape index (κ2) is 7.52. The molecule has 2 rings (SSSR count). The summed E-state index contributed by atoms with van der Waals surface area (Å²) in [6.07, 6.45) is 2.56. The Hall–Kier alpha value is -1.46. The molecule has 0 radical (unpaired) electrons. The Labute approximate surface area is 133 Å². The SMILES string of the molecule is CCC[C@@H](C)C(=O)Nc1nnc(Cc2ccc(Cl)cc2)s1. The summed E-state index contributed by atoms with van der Waals surface area (Å²) >= 11 is 7.27. The molecule has 1 N–H and O–H groups in total. The maximum atomic E-state index is 11.9. The van der Waals surface area contributed by atoms with Gasteiger partial charge in [0.05, 0.1) is 0 Å². The number of nitrogens with one attached hydrogen (secondary N) is 1. The topological polar surface area (TPSA) is 54.9 Å². The first-order chi connectivity index (χ1) is 10.1. The van der Waals surface area contributed by atoms with E-state index in [9.17, 15) is 4.79 Å². The zero-order chi connectivity index (χ0) is 15.2. The molecule has 1 atom stereocenters. The lowest BCUT2D eigenvalue weighted by Crippen LogP contribution is -2.20. The van der Waals surface area contributed by atoms with Crippen LogP contribution in [0, 0.1) is 5.92 Å². The van der Waals surface area contributed by atoms with Crippen LogP contribution >= 0.6 is 22.9 Å². The molecule has 6 heteroatoms. The number of hydrogen-bond donors (Lipinski definition) is 1. The minimum atomic E-state index is -0.00128. The quantitative estimate of drug-likeness (QED) is 0.868. The predicted octanol–water partition coefficient (Wildman–Crippen LogP) is 4.16. The lowest BCUT2D eigenvalue weighted by atomic mass is 10.1. The van der Waals surface area contributed by atoms with Crippen molar-refractivity contribution in [2.75, 3.05) is 5.32 Å². The van der Waals surface area contributed by atoms with Gasteiger partial charge in [-0.25, -0.2) is 0 Å². The van der Waals surface area contributed by atoms with Crippen molar-refractivity contribution in [2.45, 2.75) is 33.1 Å². The highest BCUT2D eigenvalue weighted by Crippen LogP contribution is 2.20. The fourth-order valence-electron chi connectivity index (χ4n) is 1.95. The van der Waals surface area contributed by atoms with Gasteiger partial charge in [0.15, 0.2) is 0 Å². The zero-order valence-electron chi connectivity index (χ0n) is 12.1. The Balaban J connectivity index is 1.95. The van der Waals surface area contributed by atoms with Crippen molar-refractivity contribution in [3.8, 4) is 0 Å². The number of benzene rings is 1. The second-order valence-electron chi connectivity index (χ2n) is 4.98. The minimum Gasteiger partial charge on any atom is -0.300 e. The average Bonchev–Trinajstić information content (AvgIpc) is 2.89. The monoisotopic (exact) mass is 323 g/mol. The first kappa shape index (κ1) is 15.9. The van der Waals surface area contributed by atoms with E-state index in [1.165, 1.54) is 11.3 Å². The molecule has 4 nitrogen and oxygen atoms in total. The van der Waals surface area contributed by atoms with Crippen LogP contribution in [0.2, 0.25) is 5.02 Å². The molecule has 0 saturated carbocycles. The largest absolute Gasteiger partial charge is 0.300 e. The number of nitrogens with zero attached hydrogens (tertiary/aromatic N) is 2. The first-order valence-corrected chi connectivity index (χ1v) is 8.15. The first-order valence-electron chi connectivity index (χ1n) is 6.96. The van der Waals surface area contributed by atoms with Gasteiger partial charge in [0.1, 0.15) is 5.01 Å². The van der Waals surface area contributed by atoms with E-state index in [4.69, 9.17) is 11.6 Å². The Morgan fingerprint density at radius 1 is 1.33 bits per heavy atom. The van der Waals surface area contributed by atoms with Gasteiger partial charge in [-0.2, -0.15) is 0 Å². The molecule has 0 aliphatic carbocycles. The predicted molar refractivity (Wildman–Crippen MR) is 86.9 cm³/mol. The molecule has 0 bridgehead atoms. The van der Waals surface area contributed by atoms with Crippen molar-refractivity contribution in [2.24, 2.45) is 5.92 Å². The Morgan fingerprint density at radius 2 is 2.05 bits per heavy atom. The molecule has 112 valence electrons. The van der Waals surface area contributed by atoms with Crippen molar-refractivity contribution < 1.29 is 4.79 Å².